The molecule has 5 nitrogen and oxygen atoms in total. The van der Waals surface area contributed by atoms with E-state index in [-0.39, 0.29) is 11.9 Å². The van der Waals surface area contributed by atoms with Crippen LogP contribution in [0.2, 0.25) is 0 Å². The van der Waals surface area contributed by atoms with Gasteiger partial charge in [-0.25, -0.2) is 9.97 Å². The van der Waals surface area contributed by atoms with Gasteiger partial charge in [0.15, 0.2) is 0 Å². The molecule has 2 saturated heterocycles. The monoisotopic (exact) mass is 302 g/mol. The normalized spacial score (nSPS) is 25.2. The van der Waals surface area contributed by atoms with Crippen LogP contribution in [0.3, 0.4) is 0 Å². The highest BCUT2D eigenvalue weighted by molar-refractivity contribution is 7.18. The first-order valence-electron chi connectivity index (χ1n) is 7.41. The fraction of sp³-hybridized carbons (Fsp3) is 0.533. The Labute approximate surface area is 127 Å². The third-order valence-corrected chi connectivity index (χ3v) is 5.88. The van der Waals surface area contributed by atoms with Crippen molar-refractivity contribution in [1.82, 2.24) is 15.3 Å². The van der Waals surface area contributed by atoms with Gasteiger partial charge in [0.1, 0.15) is 17.0 Å². The largest absolute Gasteiger partial charge is 0.354 e. The number of carbonyl (C=O) groups is 1. The molecule has 6 heteroatoms. The van der Waals surface area contributed by atoms with E-state index < -0.39 is 0 Å². The molecule has 4 rings (SSSR count). The van der Waals surface area contributed by atoms with Gasteiger partial charge in [0, 0.05) is 29.9 Å². The molecular formula is C15H18N4OS. The third-order valence-electron chi connectivity index (χ3n) is 4.77. The molecule has 0 unspecified atom stereocenters. The first-order chi connectivity index (χ1) is 10.1. The summed E-state index contributed by atoms with van der Waals surface area (Å²) in [6.07, 6.45) is 4.43. The molecular weight excluding hydrogens is 284 g/mol. The highest BCUT2D eigenvalue weighted by Crippen LogP contribution is 2.39. The molecule has 2 bridgehead atoms. The van der Waals surface area contributed by atoms with Crippen LogP contribution in [0.15, 0.2) is 6.33 Å². The van der Waals surface area contributed by atoms with E-state index in [1.807, 2.05) is 0 Å². The van der Waals surface area contributed by atoms with Gasteiger partial charge >= 0.3 is 0 Å². The van der Waals surface area contributed by atoms with Gasteiger partial charge in [0.2, 0.25) is 5.91 Å². The van der Waals surface area contributed by atoms with Gasteiger partial charge in [-0.2, -0.15) is 0 Å². The number of rotatable bonds is 1. The van der Waals surface area contributed by atoms with Crippen LogP contribution < -0.4 is 10.2 Å². The maximum absolute atomic E-state index is 11.8. The predicted molar refractivity (Wildman–Crippen MR) is 83.8 cm³/mol. The molecule has 2 fully saturated rings. The Morgan fingerprint density at radius 3 is 2.95 bits per heavy atom. The minimum absolute atomic E-state index is 0.163. The van der Waals surface area contributed by atoms with E-state index in [2.05, 4.69) is 34.0 Å². The van der Waals surface area contributed by atoms with E-state index in [9.17, 15) is 4.79 Å². The number of aromatic nitrogens is 2. The topological polar surface area (TPSA) is 58.1 Å². The van der Waals surface area contributed by atoms with Crippen molar-refractivity contribution < 1.29 is 4.79 Å². The molecule has 2 atom stereocenters. The lowest BCUT2D eigenvalue weighted by atomic mass is 10.1. The number of amides is 1. The average molecular weight is 302 g/mol. The number of hydrogen-bond acceptors (Lipinski definition) is 5. The number of nitrogens with zero attached hydrogens (tertiary/aromatic N) is 3. The first-order valence-corrected chi connectivity index (χ1v) is 8.22. The zero-order chi connectivity index (χ0) is 14.6. The van der Waals surface area contributed by atoms with Crippen molar-refractivity contribution in [2.75, 3.05) is 11.4 Å². The molecule has 0 saturated carbocycles. The molecule has 21 heavy (non-hydrogen) atoms. The third kappa shape index (κ3) is 1.92. The molecule has 2 aliphatic heterocycles. The number of aryl methyl sites for hydroxylation is 2. The minimum atomic E-state index is 0.163. The van der Waals surface area contributed by atoms with Crippen molar-refractivity contribution >= 4 is 33.3 Å². The maximum atomic E-state index is 11.8. The second-order valence-corrected chi connectivity index (χ2v) is 7.16. The molecule has 2 aromatic heterocycles. The Kier molecular flexibility index (Phi) is 2.89. The first kappa shape index (κ1) is 13.0. The lowest BCUT2D eigenvalue weighted by Gasteiger charge is -2.29. The number of hydrogen-bond donors (Lipinski definition) is 1. The summed E-state index contributed by atoms with van der Waals surface area (Å²) in [5.41, 5.74) is 1.27. The Morgan fingerprint density at radius 2 is 2.10 bits per heavy atom. The molecule has 0 aliphatic carbocycles. The molecule has 1 N–H and O–H groups in total. The molecule has 2 aliphatic rings. The SMILES string of the molecule is Cc1sc2ncnc(N3[C@@H]4CC[C@H]3CNC(=O)C4)c2c1C. The van der Waals surface area contributed by atoms with Gasteiger partial charge < -0.3 is 10.2 Å². The van der Waals surface area contributed by atoms with Gasteiger partial charge in [0.05, 0.1) is 5.39 Å². The summed E-state index contributed by atoms with van der Waals surface area (Å²) in [7, 11) is 0. The van der Waals surface area contributed by atoms with Crippen LogP contribution in [-0.2, 0) is 4.79 Å². The summed E-state index contributed by atoms with van der Waals surface area (Å²) in [5.74, 6) is 1.18. The molecule has 1 amide bonds. The molecule has 0 aromatic carbocycles. The quantitative estimate of drug-likeness (QED) is 0.877. The minimum Gasteiger partial charge on any atom is -0.354 e. The Bertz CT molecular complexity index is 726. The zero-order valence-corrected chi connectivity index (χ0v) is 13.0. The van der Waals surface area contributed by atoms with E-state index >= 15 is 0 Å². The zero-order valence-electron chi connectivity index (χ0n) is 12.2. The summed E-state index contributed by atoms with van der Waals surface area (Å²) >= 11 is 1.73. The number of nitrogens with one attached hydrogen (secondary N) is 1. The van der Waals surface area contributed by atoms with E-state index in [0.717, 1.165) is 30.0 Å². The van der Waals surface area contributed by atoms with Crippen LogP contribution in [-0.4, -0.2) is 34.5 Å². The predicted octanol–water partition coefficient (Wildman–Crippen LogP) is 2.17. The summed E-state index contributed by atoms with van der Waals surface area (Å²) in [6.45, 7) is 5.00. The lowest BCUT2D eigenvalue weighted by molar-refractivity contribution is -0.121. The number of fused-ring (bicyclic) bond motifs is 3. The van der Waals surface area contributed by atoms with E-state index in [1.54, 1.807) is 17.7 Å². The van der Waals surface area contributed by atoms with Gasteiger partial charge in [0.25, 0.3) is 0 Å². The van der Waals surface area contributed by atoms with Crippen LogP contribution in [0.4, 0.5) is 5.82 Å². The van der Waals surface area contributed by atoms with Crippen molar-refractivity contribution in [3.8, 4) is 0 Å². The Morgan fingerprint density at radius 1 is 1.29 bits per heavy atom. The standard InChI is InChI=1S/C15H18N4OS/c1-8-9(2)21-15-13(8)14(17-7-18-15)19-10-3-4-11(19)6-16-12(20)5-10/h7,10-11H,3-6H2,1-2H3,(H,16,20)/t10-,11+/m1/s1. The van der Waals surface area contributed by atoms with Gasteiger partial charge in [-0.3, -0.25) is 4.79 Å². The summed E-state index contributed by atoms with van der Waals surface area (Å²) < 4.78 is 0. The molecule has 0 spiro atoms. The fourth-order valence-electron chi connectivity index (χ4n) is 3.59. The van der Waals surface area contributed by atoms with Crippen LogP contribution in [0.25, 0.3) is 10.2 Å². The highest BCUT2D eigenvalue weighted by Gasteiger charge is 2.39. The van der Waals surface area contributed by atoms with Gasteiger partial charge in [-0.15, -0.1) is 11.3 Å². The molecule has 2 aromatic rings. The number of thiophene rings is 1. The Hall–Kier alpha value is -1.69. The summed E-state index contributed by atoms with van der Waals surface area (Å²) in [5, 5.41) is 4.19. The second kappa shape index (κ2) is 4.66. The lowest BCUT2D eigenvalue weighted by Crippen LogP contribution is -2.38. The fourth-order valence-corrected chi connectivity index (χ4v) is 4.58. The molecule has 4 heterocycles. The maximum Gasteiger partial charge on any atom is 0.222 e. The van der Waals surface area contributed by atoms with Crippen LogP contribution in [0.1, 0.15) is 29.7 Å². The average Bonchev–Trinajstić information content (AvgIpc) is 2.92. The van der Waals surface area contributed by atoms with Gasteiger partial charge in [-0.05, 0) is 32.3 Å². The Balaban J connectivity index is 1.88. The van der Waals surface area contributed by atoms with Crippen molar-refractivity contribution in [3.63, 3.8) is 0 Å². The van der Waals surface area contributed by atoms with Crippen molar-refractivity contribution in [2.45, 2.75) is 45.2 Å². The van der Waals surface area contributed by atoms with Crippen molar-refractivity contribution in [1.29, 1.82) is 0 Å². The second-order valence-electron chi connectivity index (χ2n) is 5.96. The summed E-state index contributed by atoms with van der Waals surface area (Å²) in [4.78, 5) is 25.6. The van der Waals surface area contributed by atoms with Crippen molar-refractivity contribution in [2.24, 2.45) is 0 Å². The van der Waals surface area contributed by atoms with Crippen LogP contribution >= 0.6 is 11.3 Å². The number of carbonyl (C=O) groups excluding carboxylic acids is 1. The highest BCUT2D eigenvalue weighted by atomic mass is 32.1. The van der Waals surface area contributed by atoms with Crippen LogP contribution in [0, 0.1) is 13.8 Å². The molecule has 110 valence electrons. The summed E-state index contributed by atoms with van der Waals surface area (Å²) in [6, 6.07) is 0.634. The van der Waals surface area contributed by atoms with Gasteiger partial charge in [-0.1, -0.05) is 0 Å². The smallest absolute Gasteiger partial charge is 0.222 e. The van der Waals surface area contributed by atoms with E-state index in [4.69, 9.17) is 0 Å². The van der Waals surface area contributed by atoms with Crippen LogP contribution in [0.5, 0.6) is 0 Å². The number of anilines is 1. The van der Waals surface area contributed by atoms with E-state index in [1.165, 1.54) is 15.8 Å². The van der Waals surface area contributed by atoms with E-state index in [0.29, 0.717) is 12.5 Å². The van der Waals surface area contributed by atoms with Crippen molar-refractivity contribution in [3.05, 3.63) is 16.8 Å². The molecule has 0 radical (unpaired) electrons.